The van der Waals surface area contributed by atoms with Crippen molar-refractivity contribution in [3.8, 4) is 5.75 Å². The molecule has 210 valence electrons. The molecule has 0 aliphatic carbocycles. The molecule has 2 aromatic rings. The van der Waals surface area contributed by atoms with Gasteiger partial charge < -0.3 is 20.7 Å². The monoisotopic (exact) mass is 549 g/mol. The normalized spacial score (nSPS) is 11.9. The van der Waals surface area contributed by atoms with Crippen molar-refractivity contribution in [2.45, 2.75) is 39.4 Å². The summed E-state index contributed by atoms with van der Waals surface area (Å²) in [5.74, 6) is -3.10. The van der Waals surface area contributed by atoms with Crippen LogP contribution >= 0.6 is 0 Å². The number of rotatable bonds is 12. The van der Waals surface area contributed by atoms with Gasteiger partial charge in [-0.05, 0) is 43.2 Å². The van der Waals surface area contributed by atoms with Gasteiger partial charge >= 0.3 is 6.18 Å². The van der Waals surface area contributed by atoms with Gasteiger partial charge in [-0.2, -0.15) is 13.2 Å². The molecule has 0 heterocycles. The first-order chi connectivity index (χ1) is 18.2. The molecule has 0 saturated carbocycles. The van der Waals surface area contributed by atoms with E-state index in [0.717, 1.165) is 18.2 Å². The quantitative estimate of drug-likeness (QED) is 0.349. The molecule has 0 bridgehead atoms. The zero-order chi connectivity index (χ0) is 29.3. The van der Waals surface area contributed by atoms with Crippen molar-refractivity contribution in [3.63, 3.8) is 0 Å². The van der Waals surface area contributed by atoms with Crippen LogP contribution in [0.3, 0.4) is 0 Å². The fraction of sp³-hybridized carbons (Fsp3) is 0.370. The maximum absolute atomic E-state index is 13.1. The molecule has 9 nitrogen and oxygen atoms in total. The highest BCUT2D eigenvalue weighted by molar-refractivity contribution is 5.99. The predicted octanol–water partition coefficient (Wildman–Crippen LogP) is 2.72. The van der Waals surface area contributed by atoms with Gasteiger partial charge in [-0.25, -0.2) is 0 Å². The number of hydrogen-bond donors (Lipinski definition) is 3. The number of ether oxygens (including phenoxy) is 1. The molecule has 1 unspecified atom stereocenters. The number of alkyl halides is 3. The summed E-state index contributed by atoms with van der Waals surface area (Å²) in [4.78, 5) is 61.5. The average molecular weight is 550 g/mol. The second kappa shape index (κ2) is 13.5. The molecule has 2 aromatic carbocycles. The van der Waals surface area contributed by atoms with Gasteiger partial charge in [-0.1, -0.05) is 26.0 Å². The van der Waals surface area contributed by atoms with E-state index in [1.54, 1.807) is 26.0 Å². The number of Topliss-reactive ketones (excluding diaryl/α,β-unsaturated/α-hetero) is 2. The molecule has 39 heavy (non-hydrogen) atoms. The highest BCUT2D eigenvalue weighted by Crippen LogP contribution is 2.31. The molecule has 0 saturated heterocycles. The Morgan fingerprint density at radius 3 is 2.18 bits per heavy atom. The lowest BCUT2D eigenvalue weighted by molar-refractivity contribution is -0.138. The van der Waals surface area contributed by atoms with Crippen molar-refractivity contribution in [1.82, 2.24) is 16.0 Å². The second-order valence-electron chi connectivity index (χ2n) is 9.03. The summed E-state index contributed by atoms with van der Waals surface area (Å²) in [7, 11) is 1.42. The number of carbonyl (C=O) groups is 5. The van der Waals surface area contributed by atoms with Crippen molar-refractivity contribution in [3.05, 3.63) is 64.7 Å². The highest BCUT2D eigenvalue weighted by Gasteiger charge is 2.35. The Labute approximate surface area is 223 Å². The van der Waals surface area contributed by atoms with Crippen LogP contribution in [0.4, 0.5) is 13.2 Å². The van der Waals surface area contributed by atoms with E-state index >= 15 is 0 Å². The number of benzene rings is 2. The summed E-state index contributed by atoms with van der Waals surface area (Å²) in [6.45, 7) is 3.62. The highest BCUT2D eigenvalue weighted by atomic mass is 19.4. The van der Waals surface area contributed by atoms with Gasteiger partial charge in [0.1, 0.15) is 11.8 Å². The Bertz CT molecular complexity index is 1240. The molecule has 1 atom stereocenters. The van der Waals surface area contributed by atoms with Crippen LogP contribution in [0.2, 0.25) is 0 Å². The van der Waals surface area contributed by atoms with Crippen LogP contribution in [-0.4, -0.2) is 55.5 Å². The van der Waals surface area contributed by atoms with Crippen LogP contribution in [-0.2, 0) is 27.0 Å². The summed E-state index contributed by atoms with van der Waals surface area (Å²) < 4.78 is 44.6. The van der Waals surface area contributed by atoms with Crippen LogP contribution in [0.15, 0.2) is 42.5 Å². The first-order valence-electron chi connectivity index (χ1n) is 12.0. The number of hydrogen-bond acceptors (Lipinski definition) is 6. The smallest absolute Gasteiger partial charge is 0.417 e. The Balaban J connectivity index is 1.95. The van der Waals surface area contributed by atoms with Crippen LogP contribution in [0.25, 0.3) is 0 Å². The van der Waals surface area contributed by atoms with Gasteiger partial charge in [-0.3, -0.25) is 24.0 Å². The van der Waals surface area contributed by atoms with Gasteiger partial charge in [0.05, 0.1) is 37.7 Å². The van der Waals surface area contributed by atoms with Gasteiger partial charge in [0, 0.05) is 11.1 Å². The van der Waals surface area contributed by atoms with Crippen LogP contribution in [0.1, 0.15) is 52.6 Å². The molecule has 0 aliphatic heterocycles. The Kier molecular flexibility index (Phi) is 10.8. The third kappa shape index (κ3) is 8.94. The molecule has 0 aliphatic rings. The minimum Gasteiger partial charge on any atom is -0.496 e. The standard InChI is InChI=1S/C27H30F3N3O6/c1-15(2)24(33-23(36)12-18-11-17(16(3)34)9-10-22(18)39-4)26(38)32-14-19(35)13-31-25(37)20-7-5-6-8-21(20)27(28,29)30/h5-11,15,24H,12-14H2,1-4H3,(H,31,37)(H,32,38)(H,33,36). The van der Waals surface area contributed by atoms with Crippen molar-refractivity contribution >= 4 is 29.3 Å². The number of ketones is 2. The van der Waals surface area contributed by atoms with Crippen LogP contribution < -0.4 is 20.7 Å². The topological polar surface area (TPSA) is 131 Å². The molecule has 3 N–H and O–H groups in total. The molecule has 0 radical (unpaired) electrons. The summed E-state index contributed by atoms with van der Waals surface area (Å²) >= 11 is 0. The fourth-order valence-electron chi connectivity index (χ4n) is 3.63. The lowest BCUT2D eigenvalue weighted by Gasteiger charge is -2.22. The van der Waals surface area contributed by atoms with E-state index in [0.29, 0.717) is 16.9 Å². The zero-order valence-electron chi connectivity index (χ0n) is 21.9. The van der Waals surface area contributed by atoms with E-state index in [-0.39, 0.29) is 18.1 Å². The fourth-order valence-corrected chi connectivity index (χ4v) is 3.63. The van der Waals surface area contributed by atoms with E-state index in [9.17, 15) is 37.1 Å². The molecule has 0 aromatic heterocycles. The van der Waals surface area contributed by atoms with Gasteiger partial charge in [0.25, 0.3) is 5.91 Å². The van der Waals surface area contributed by atoms with Crippen molar-refractivity contribution in [2.75, 3.05) is 20.2 Å². The Morgan fingerprint density at radius 1 is 0.949 bits per heavy atom. The number of carbonyl (C=O) groups excluding carboxylic acids is 5. The van der Waals surface area contributed by atoms with E-state index in [1.165, 1.54) is 26.2 Å². The summed E-state index contributed by atoms with van der Waals surface area (Å²) in [6, 6.07) is 7.82. The molecule has 12 heteroatoms. The van der Waals surface area contributed by atoms with E-state index in [1.807, 2.05) is 0 Å². The second-order valence-corrected chi connectivity index (χ2v) is 9.03. The average Bonchev–Trinajstić information content (AvgIpc) is 2.88. The summed E-state index contributed by atoms with van der Waals surface area (Å²) in [5.41, 5.74) is -0.924. The Morgan fingerprint density at radius 2 is 1.59 bits per heavy atom. The van der Waals surface area contributed by atoms with Crippen molar-refractivity contribution in [1.29, 1.82) is 0 Å². The minimum atomic E-state index is -4.75. The van der Waals surface area contributed by atoms with Crippen LogP contribution in [0.5, 0.6) is 5.75 Å². The SMILES string of the molecule is COc1ccc(C(C)=O)cc1CC(=O)NC(C(=O)NCC(=O)CNC(=O)c1ccccc1C(F)(F)F)C(C)C. The third-order valence-corrected chi connectivity index (χ3v) is 5.69. The molecule has 2 rings (SSSR count). The van der Waals surface area contributed by atoms with E-state index in [2.05, 4.69) is 16.0 Å². The molecule has 0 spiro atoms. The zero-order valence-corrected chi connectivity index (χ0v) is 21.9. The minimum absolute atomic E-state index is 0.175. The van der Waals surface area contributed by atoms with Gasteiger partial charge in [0.15, 0.2) is 11.6 Å². The van der Waals surface area contributed by atoms with Crippen LogP contribution in [0, 0.1) is 5.92 Å². The van der Waals surface area contributed by atoms with Crippen molar-refractivity contribution < 1.29 is 41.9 Å². The maximum atomic E-state index is 13.1. The molecular weight excluding hydrogens is 519 g/mol. The van der Waals surface area contributed by atoms with Gasteiger partial charge in [0.2, 0.25) is 11.8 Å². The first kappa shape index (κ1) is 31.0. The lowest BCUT2D eigenvalue weighted by Crippen LogP contribution is -2.51. The first-order valence-corrected chi connectivity index (χ1v) is 12.0. The molecule has 0 fully saturated rings. The van der Waals surface area contributed by atoms with Gasteiger partial charge in [-0.15, -0.1) is 0 Å². The Hall–Kier alpha value is -4.22. The molecule has 3 amide bonds. The van der Waals surface area contributed by atoms with Crippen molar-refractivity contribution in [2.24, 2.45) is 5.92 Å². The number of halogens is 3. The van der Waals surface area contributed by atoms with E-state index in [4.69, 9.17) is 4.74 Å². The summed E-state index contributed by atoms with van der Waals surface area (Å²) in [6.07, 6.45) is -4.92. The maximum Gasteiger partial charge on any atom is 0.417 e. The lowest BCUT2D eigenvalue weighted by atomic mass is 10.0. The molecular formula is C27H30F3N3O6. The number of nitrogens with one attached hydrogen (secondary N) is 3. The summed E-state index contributed by atoms with van der Waals surface area (Å²) in [5, 5.41) is 7.10. The van der Waals surface area contributed by atoms with E-state index < -0.39 is 59.9 Å². The predicted molar refractivity (Wildman–Crippen MR) is 135 cm³/mol. The largest absolute Gasteiger partial charge is 0.496 e. The number of methoxy groups -OCH3 is 1. The number of amides is 3. The third-order valence-electron chi connectivity index (χ3n) is 5.69.